The fraction of sp³-hybridized carbons (Fsp3) is 0.273. The number of aromatic hydroxyl groups is 1. The molecule has 2 aliphatic heterocycles. The predicted octanol–water partition coefficient (Wildman–Crippen LogP) is 4.58. The molecule has 2 aromatic rings. The Morgan fingerprint density at radius 1 is 1.33 bits per heavy atom. The average Bonchev–Trinajstić information content (AvgIpc) is 2.76. The monoisotopic (exact) mass is 441 g/mol. The van der Waals surface area contributed by atoms with Crippen LogP contribution < -0.4 is 9.64 Å². The highest BCUT2D eigenvalue weighted by atomic mass is 35.5. The summed E-state index contributed by atoms with van der Waals surface area (Å²) in [5.41, 5.74) is 3.28. The number of allylic oxidation sites excluding steroid dienone is 1. The molecule has 0 radical (unpaired) electrons. The van der Waals surface area contributed by atoms with Gasteiger partial charge in [-0.1, -0.05) is 35.5 Å². The molecular weight excluding hydrogens is 422 g/mol. The number of carbonyl (C=O) groups excluding carboxylic acids is 1. The van der Waals surface area contributed by atoms with Crippen LogP contribution in [-0.4, -0.2) is 35.6 Å². The van der Waals surface area contributed by atoms with Crippen LogP contribution in [0.5, 0.6) is 11.5 Å². The Morgan fingerprint density at radius 3 is 2.87 bits per heavy atom. The fourth-order valence-electron chi connectivity index (χ4n) is 3.85. The summed E-state index contributed by atoms with van der Waals surface area (Å²) in [5.74, 6) is 0.546. The van der Waals surface area contributed by atoms with Gasteiger partial charge in [-0.25, -0.2) is 0 Å². The van der Waals surface area contributed by atoms with Crippen LogP contribution in [0.1, 0.15) is 23.5 Å². The highest BCUT2D eigenvalue weighted by Crippen LogP contribution is 2.45. The van der Waals surface area contributed by atoms with Crippen LogP contribution in [0.4, 0.5) is 5.69 Å². The molecule has 2 heterocycles. The first-order chi connectivity index (χ1) is 14.4. The molecule has 2 aliphatic rings. The summed E-state index contributed by atoms with van der Waals surface area (Å²) < 4.78 is 5.20. The molecule has 30 heavy (non-hydrogen) atoms. The Kier molecular flexibility index (Phi) is 5.54. The number of thioether (sulfide) groups is 1. The number of hydrogen-bond donors (Lipinski definition) is 1. The van der Waals surface area contributed by atoms with Crippen molar-refractivity contribution < 1.29 is 14.6 Å². The number of anilines is 1. The number of halogens is 1. The normalized spacial score (nSPS) is 18.9. The highest BCUT2D eigenvalue weighted by molar-refractivity contribution is 8.03. The quantitative estimate of drug-likeness (QED) is 0.751. The van der Waals surface area contributed by atoms with Crippen molar-refractivity contribution in [3.63, 3.8) is 0 Å². The van der Waals surface area contributed by atoms with Gasteiger partial charge in [0.1, 0.15) is 0 Å². The first-order valence-corrected chi connectivity index (χ1v) is 10.7. The number of nitriles is 1. The number of phenols is 1. The van der Waals surface area contributed by atoms with Crippen LogP contribution in [0.3, 0.4) is 0 Å². The summed E-state index contributed by atoms with van der Waals surface area (Å²) >= 11 is 7.75. The van der Waals surface area contributed by atoms with Gasteiger partial charge >= 0.3 is 0 Å². The lowest BCUT2D eigenvalue weighted by molar-refractivity contribution is -0.129. The van der Waals surface area contributed by atoms with Crippen molar-refractivity contribution in [2.45, 2.75) is 19.3 Å². The topological polar surface area (TPSA) is 76.8 Å². The molecule has 1 saturated heterocycles. The van der Waals surface area contributed by atoms with Crippen LogP contribution in [0.25, 0.3) is 0 Å². The van der Waals surface area contributed by atoms with E-state index in [1.807, 2.05) is 25.1 Å². The number of amides is 1. The third kappa shape index (κ3) is 3.47. The number of rotatable bonds is 3. The summed E-state index contributed by atoms with van der Waals surface area (Å²) in [6.07, 6.45) is 0.184. The first-order valence-electron chi connectivity index (χ1n) is 9.39. The maximum absolute atomic E-state index is 13.1. The van der Waals surface area contributed by atoms with Crippen molar-refractivity contribution in [2.24, 2.45) is 0 Å². The zero-order chi connectivity index (χ0) is 21.4. The Labute approximate surface area is 184 Å². The van der Waals surface area contributed by atoms with E-state index in [-0.39, 0.29) is 24.0 Å². The number of fused-ring (bicyclic) bond motifs is 1. The van der Waals surface area contributed by atoms with Crippen LogP contribution >= 0.6 is 23.4 Å². The molecule has 0 aromatic heterocycles. The van der Waals surface area contributed by atoms with Crippen molar-refractivity contribution >= 4 is 35.0 Å². The fourth-order valence-corrected chi connectivity index (χ4v) is 5.18. The van der Waals surface area contributed by atoms with Crippen molar-refractivity contribution in [2.75, 3.05) is 24.6 Å². The zero-order valence-electron chi connectivity index (χ0n) is 16.6. The summed E-state index contributed by atoms with van der Waals surface area (Å²) in [7, 11) is 1.47. The molecular formula is C22H20ClN3O3S. The molecule has 0 saturated carbocycles. The number of nitrogens with zero attached hydrogens (tertiary/aromatic N) is 3. The molecule has 0 aliphatic carbocycles. The predicted molar refractivity (Wildman–Crippen MR) is 117 cm³/mol. The van der Waals surface area contributed by atoms with Gasteiger partial charge in [-0.3, -0.25) is 9.69 Å². The van der Waals surface area contributed by atoms with E-state index in [2.05, 4.69) is 11.0 Å². The van der Waals surface area contributed by atoms with Gasteiger partial charge in [0, 0.05) is 23.0 Å². The smallest absolute Gasteiger partial charge is 0.229 e. The van der Waals surface area contributed by atoms with Gasteiger partial charge in [-0.15, -0.1) is 0 Å². The molecule has 154 valence electrons. The van der Waals surface area contributed by atoms with Gasteiger partial charge < -0.3 is 14.7 Å². The molecule has 4 rings (SSSR count). The third-order valence-corrected chi connectivity index (χ3v) is 7.04. The largest absolute Gasteiger partial charge is 0.504 e. The maximum Gasteiger partial charge on any atom is 0.229 e. The van der Waals surface area contributed by atoms with Crippen LogP contribution in [0, 0.1) is 18.3 Å². The zero-order valence-corrected chi connectivity index (χ0v) is 18.1. The Hall–Kier alpha value is -2.82. The lowest BCUT2D eigenvalue weighted by Crippen LogP contribution is -2.47. The third-order valence-electron chi connectivity index (χ3n) is 5.48. The average molecular weight is 442 g/mol. The van der Waals surface area contributed by atoms with Crippen molar-refractivity contribution in [1.82, 2.24) is 4.90 Å². The standard InChI is InChI=1S/C22H20ClN3O3S/c1-13-17(23)4-3-5-18(13)25-11-26-21(28)9-15(16(10-24)22(26)30-12-25)14-6-7-19(27)20(8-14)29-2/h3-8,15,27H,9,11-12H2,1-2H3/t15-/m0/s1. The Morgan fingerprint density at radius 2 is 2.13 bits per heavy atom. The van der Waals surface area contributed by atoms with Crippen molar-refractivity contribution in [1.29, 1.82) is 5.26 Å². The summed E-state index contributed by atoms with van der Waals surface area (Å²) in [6.45, 7) is 2.33. The van der Waals surface area contributed by atoms with Gasteiger partial charge in [-0.2, -0.15) is 5.26 Å². The lowest BCUT2D eigenvalue weighted by Gasteiger charge is -2.42. The van der Waals surface area contributed by atoms with Gasteiger partial charge in [0.15, 0.2) is 11.5 Å². The minimum Gasteiger partial charge on any atom is -0.504 e. The van der Waals surface area contributed by atoms with Crippen LogP contribution in [0.15, 0.2) is 47.0 Å². The minimum absolute atomic E-state index is 0.0238. The van der Waals surface area contributed by atoms with Crippen molar-refractivity contribution in [3.8, 4) is 17.6 Å². The molecule has 1 amide bonds. The second kappa shape index (κ2) is 8.13. The van der Waals surface area contributed by atoms with E-state index in [9.17, 15) is 15.2 Å². The second-order valence-electron chi connectivity index (χ2n) is 7.18. The molecule has 2 aromatic carbocycles. The van der Waals surface area contributed by atoms with Gasteiger partial charge in [0.2, 0.25) is 5.91 Å². The van der Waals surface area contributed by atoms with E-state index in [4.69, 9.17) is 16.3 Å². The van der Waals surface area contributed by atoms with E-state index in [1.54, 1.807) is 17.0 Å². The van der Waals surface area contributed by atoms with Crippen LogP contribution in [-0.2, 0) is 4.79 Å². The number of phenolic OH excluding ortho intramolecular Hbond substituents is 1. The number of benzene rings is 2. The molecule has 1 N–H and O–H groups in total. The van der Waals surface area contributed by atoms with E-state index >= 15 is 0 Å². The van der Waals surface area contributed by atoms with Gasteiger partial charge in [0.25, 0.3) is 0 Å². The lowest BCUT2D eigenvalue weighted by atomic mass is 9.86. The second-order valence-corrected chi connectivity index (χ2v) is 8.52. The number of carbonyl (C=O) groups is 1. The SMILES string of the molecule is COc1cc([C@@H]2CC(=O)N3CN(c4cccc(Cl)c4C)CSC3=C2C#N)ccc1O. The van der Waals surface area contributed by atoms with E-state index < -0.39 is 0 Å². The van der Waals surface area contributed by atoms with E-state index in [0.29, 0.717) is 33.9 Å². The minimum atomic E-state index is -0.366. The maximum atomic E-state index is 13.1. The first kappa shape index (κ1) is 20.5. The summed E-state index contributed by atoms with van der Waals surface area (Å²) in [5, 5.41) is 21.2. The summed E-state index contributed by atoms with van der Waals surface area (Å²) in [6, 6.07) is 13.0. The molecule has 1 fully saturated rings. The summed E-state index contributed by atoms with van der Waals surface area (Å²) in [4.78, 5) is 16.8. The molecule has 6 nitrogen and oxygen atoms in total. The number of hydrogen-bond acceptors (Lipinski definition) is 6. The van der Waals surface area contributed by atoms with Crippen molar-refractivity contribution in [3.05, 3.63) is 63.1 Å². The van der Waals surface area contributed by atoms with E-state index in [1.165, 1.54) is 24.9 Å². The van der Waals surface area contributed by atoms with Gasteiger partial charge in [0.05, 0.1) is 36.3 Å². The Balaban J connectivity index is 1.69. The molecule has 0 unspecified atom stereocenters. The number of ether oxygens (including phenoxy) is 1. The molecule has 0 bridgehead atoms. The Bertz CT molecular complexity index is 1100. The van der Waals surface area contributed by atoms with E-state index in [0.717, 1.165) is 16.8 Å². The highest BCUT2D eigenvalue weighted by Gasteiger charge is 2.38. The van der Waals surface area contributed by atoms with Gasteiger partial charge in [-0.05, 0) is 42.3 Å². The molecule has 1 atom stereocenters. The molecule has 8 heteroatoms. The number of methoxy groups -OCH3 is 1. The van der Waals surface area contributed by atoms with Crippen LogP contribution in [0.2, 0.25) is 5.02 Å². The molecule has 0 spiro atoms.